The minimum atomic E-state index is 0.105. The van der Waals surface area contributed by atoms with Gasteiger partial charge in [-0.15, -0.1) is 0 Å². The molecule has 0 atom stereocenters. The lowest BCUT2D eigenvalue weighted by atomic mass is 9.86. The topological polar surface area (TPSA) is 35.2 Å². The van der Waals surface area contributed by atoms with Crippen LogP contribution in [-0.4, -0.2) is 13.7 Å². The van der Waals surface area contributed by atoms with Crippen LogP contribution in [0, 0.1) is 5.41 Å². The van der Waals surface area contributed by atoms with Gasteiger partial charge in [-0.1, -0.05) is 29.8 Å². The lowest BCUT2D eigenvalue weighted by molar-refractivity contribution is 0.359. The van der Waals surface area contributed by atoms with Crippen molar-refractivity contribution in [2.24, 2.45) is 11.1 Å². The molecule has 1 aromatic carbocycles. The van der Waals surface area contributed by atoms with Gasteiger partial charge in [-0.25, -0.2) is 0 Å². The van der Waals surface area contributed by atoms with Crippen LogP contribution in [0.2, 0.25) is 0 Å². The second-order valence-corrected chi connectivity index (χ2v) is 5.42. The van der Waals surface area contributed by atoms with Crippen LogP contribution in [0.15, 0.2) is 22.7 Å². The van der Waals surface area contributed by atoms with Crippen molar-refractivity contribution in [1.82, 2.24) is 0 Å². The van der Waals surface area contributed by atoms with Crippen LogP contribution in [-0.2, 0) is 6.42 Å². The zero-order valence-electron chi connectivity index (χ0n) is 9.51. The largest absolute Gasteiger partial charge is 0.496 e. The molecule has 0 fully saturated rings. The summed E-state index contributed by atoms with van der Waals surface area (Å²) in [5.74, 6) is 0.930. The molecule has 2 N–H and O–H groups in total. The van der Waals surface area contributed by atoms with Gasteiger partial charge in [-0.3, -0.25) is 0 Å². The van der Waals surface area contributed by atoms with Crippen LogP contribution in [0.4, 0.5) is 0 Å². The highest BCUT2D eigenvalue weighted by atomic mass is 79.9. The van der Waals surface area contributed by atoms with Crippen LogP contribution in [0.3, 0.4) is 0 Å². The third-order valence-electron chi connectivity index (χ3n) is 2.46. The molecule has 0 saturated carbocycles. The van der Waals surface area contributed by atoms with Gasteiger partial charge in [0, 0.05) is 4.47 Å². The van der Waals surface area contributed by atoms with E-state index in [0.29, 0.717) is 6.54 Å². The van der Waals surface area contributed by atoms with E-state index in [4.69, 9.17) is 10.5 Å². The molecule has 0 aliphatic carbocycles. The maximum absolute atomic E-state index is 5.73. The molecule has 0 bridgehead atoms. The summed E-state index contributed by atoms with van der Waals surface area (Å²) in [6, 6.07) is 6.06. The van der Waals surface area contributed by atoms with Gasteiger partial charge in [0.2, 0.25) is 0 Å². The van der Waals surface area contributed by atoms with Crippen LogP contribution < -0.4 is 10.5 Å². The van der Waals surface area contributed by atoms with E-state index in [1.54, 1.807) is 7.11 Å². The monoisotopic (exact) mass is 271 g/mol. The van der Waals surface area contributed by atoms with Crippen molar-refractivity contribution >= 4 is 15.9 Å². The number of hydrogen-bond acceptors (Lipinski definition) is 2. The van der Waals surface area contributed by atoms with Gasteiger partial charge in [0.25, 0.3) is 0 Å². The van der Waals surface area contributed by atoms with Gasteiger partial charge in [-0.05, 0) is 42.1 Å². The van der Waals surface area contributed by atoms with Gasteiger partial charge in [0.05, 0.1) is 7.11 Å². The first-order valence-corrected chi connectivity index (χ1v) is 5.80. The second-order valence-electron chi connectivity index (χ2n) is 4.50. The fourth-order valence-electron chi connectivity index (χ4n) is 1.47. The lowest BCUT2D eigenvalue weighted by Gasteiger charge is -2.23. The van der Waals surface area contributed by atoms with E-state index < -0.39 is 0 Å². The molecule has 0 saturated heterocycles. The van der Waals surface area contributed by atoms with Crippen LogP contribution in [0.1, 0.15) is 19.4 Å². The highest BCUT2D eigenvalue weighted by Gasteiger charge is 2.18. The summed E-state index contributed by atoms with van der Waals surface area (Å²) < 4.78 is 6.40. The van der Waals surface area contributed by atoms with Gasteiger partial charge in [0.1, 0.15) is 5.75 Å². The van der Waals surface area contributed by atoms with Gasteiger partial charge in [-0.2, -0.15) is 0 Å². The Balaban J connectivity index is 2.97. The van der Waals surface area contributed by atoms with Gasteiger partial charge in [0.15, 0.2) is 0 Å². The average Bonchev–Trinajstić information content (AvgIpc) is 2.18. The molecule has 0 aromatic heterocycles. The molecule has 1 aromatic rings. The molecule has 0 aliphatic heterocycles. The maximum Gasteiger partial charge on any atom is 0.122 e. The number of rotatable bonds is 4. The summed E-state index contributed by atoms with van der Waals surface area (Å²) >= 11 is 3.47. The summed E-state index contributed by atoms with van der Waals surface area (Å²) in [6.45, 7) is 4.99. The second kappa shape index (κ2) is 4.99. The van der Waals surface area contributed by atoms with Gasteiger partial charge < -0.3 is 10.5 Å². The number of ether oxygens (including phenoxy) is 1. The number of benzene rings is 1. The number of nitrogens with two attached hydrogens (primary N) is 1. The average molecular weight is 272 g/mol. The third-order valence-corrected chi connectivity index (χ3v) is 2.96. The van der Waals surface area contributed by atoms with Gasteiger partial charge >= 0.3 is 0 Å². The SMILES string of the molecule is COc1ccc(Br)cc1CC(C)(C)CN. The van der Waals surface area contributed by atoms with Crippen molar-refractivity contribution in [3.63, 3.8) is 0 Å². The van der Waals surface area contributed by atoms with E-state index >= 15 is 0 Å². The first kappa shape index (κ1) is 12.5. The number of methoxy groups -OCH3 is 1. The summed E-state index contributed by atoms with van der Waals surface area (Å²) in [6.07, 6.45) is 0.923. The van der Waals surface area contributed by atoms with Crippen molar-refractivity contribution in [2.45, 2.75) is 20.3 Å². The minimum Gasteiger partial charge on any atom is -0.496 e. The lowest BCUT2D eigenvalue weighted by Crippen LogP contribution is -2.26. The molecule has 0 radical (unpaired) electrons. The Labute approximate surface area is 99.9 Å². The molecular weight excluding hydrogens is 254 g/mol. The van der Waals surface area contributed by atoms with Crippen molar-refractivity contribution in [1.29, 1.82) is 0 Å². The molecule has 0 unspecified atom stereocenters. The Morgan fingerprint density at radius 1 is 1.40 bits per heavy atom. The molecule has 0 amide bonds. The molecule has 15 heavy (non-hydrogen) atoms. The Hall–Kier alpha value is -0.540. The molecule has 0 spiro atoms. The van der Waals surface area contributed by atoms with E-state index in [0.717, 1.165) is 16.6 Å². The van der Waals surface area contributed by atoms with Crippen LogP contribution in [0.25, 0.3) is 0 Å². The van der Waals surface area contributed by atoms with E-state index in [-0.39, 0.29) is 5.41 Å². The minimum absolute atomic E-state index is 0.105. The Morgan fingerprint density at radius 3 is 2.60 bits per heavy atom. The smallest absolute Gasteiger partial charge is 0.122 e. The Morgan fingerprint density at radius 2 is 2.07 bits per heavy atom. The highest BCUT2D eigenvalue weighted by Crippen LogP contribution is 2.29. The molecule has 84 valence electrons. The summed E-state index contributed by atoms with van der Waals surface area (Å²) in [7, 11) is 1.70. The van der Waals surface area contributed by atoms with Crippen molar-refractivity contribution in [3.8, 4) is 5.75 Å². The zero-order chi connectivity index (χ0) is 11.5. The predicted molar refractivity (Wildman–Crippen MR) is 67.2 cm³/mol. The number of hydrogen-bond donors (Lipinski definition) is 1. The van der Waals surface area contributed by atoms with Crippen molar-refractivity contribution in [3.05, 3.63) is 28.2 Å². The normalized spacial score (nSPS) is 11.5. The third kappa shape index (κ3) is 3.50. The van der Waals surface area contributed by atoms with Crippen molar-refractivity contribution in [2.75, 3.05) is 13.7 Å². The standard InChI is InChI=1S/C12H18BrNO/c1-12(2,8-14)7-9-6-10(13)4-5-11(9)15-3/h4-6H,7-8,14H2,1-3H3. The van der Waals surface area contributed by atoms with E-state index in [1.165, 1.54) is 5.56 Å². The molecular formula is C12H18BrNO. The summed E-state index contributed by atoms with van der Waals surface area (Å²) in [5, 5.41) is 0. The fourth-order valence-corrected chi connectivity index (χ4v) is 1.88. The summed E-state index contributed by atoms with van der Waals surface area (Å²) in [4.78, 5) is 0. The van der Waals surface area contributed by atoms with E-state index in [2.05, 4.69) is 35.8 Å². The Bertz CT molecular complexity index is 336. The molecule has 0 aliphatic rings. The molecule has 0 heterocycles. The quantitative estimate of drug-likeness (QED) is 0.914. The zero-order valence-corrected chi connectivity index (χ0v) is 11.1. The summed E-state index contributed by atoms with van der Waals surface area (Å²) in [5.41, 5.74) is 7.03. The van der Waals surface area contributed by atoms with Crippen LogP contribution in [0.5, 0.6) is 5.75 Å². The van der Waals surface area contributed by atoms with Crippen LogP contribution >= 0.6 is 15.9 Å². The first-order valence-electron chi connectivity index (χ1n) is 5.01. The fraction of sp³-hybridized carbons (Fsp3) is 0.500. The van der Waals surface area contributed by atoms with E-state index in [1.807, 2.05) is 12.1 Å². The van der Waals surface area contributed by atoms with E-state index in [9.17, 15) is 0 Å². The number of halogens is 1. The highest BCUT2D eigenvalue weighted by molar-refractivity contribution is 9.10. The Kier molecular flexibility index (Phi) is 4.17. The molecule has 2 nitrogen and oxygen atoms in total. The molecule has 3 heteroatoms. The first-order chi connectivity index (χ1) is 6.98. The predicted octanol–water partition coefficient (Wildman–Crippen LogP) is 2.99. The molecule has 1 rings (SSSR count). The van der Waals surface area contributed by atoms with Crippen molar-refractivity contribution < 1.29 is 4.74 Å². The maximum atomic E-state index is 5.73.